The Morgan fingerprint density at radius 2 is 2.38 bits per heavy atom. The van der Waals surface area contributed by atoms with Crippen molar-refractivity contribution in [3.63, 3.8) is 0 Å². The lowest BCUT2D eigenvalue weighted by molar-refractivity contribution is -0.137. The summed E-state index contributed by atoms with van der Waals surface area (Å²) in [6, 6.07) is 5.79. The first-order valence-electron chi connectivity index (χ1n) is 7.19. The number of carbonyl (C=O) groups is 1. The molecule has 1 aromatic rings. The Kier molecular flexibility index (Phi) is 6.10. The molecule has 1 fully saturated rings. The van der Waals surface area contributed by atoms with Crippen LogP contribution in [-0.4, -0.2) is 62.4 Å². The van der Waals surface area contributed by atoms with E-state index >= 15 is 0 Å². The molecule has 6 heteroatoms. The minimum Gasteiger partial charge on any atom is -0.383 e. The molecule has 2 unspecified atom stereocenters. The summed E-state index contributed by atoms with van der Waals surface area (Å²) in [6.45, 7) is 2.61. The highest BCUT2D eigenvalue weighted by Crippen LogP contribution is 2.17. The van der Waals surface area contributed by atoms with Gasteiger partial charge >= 0.3 is 0 Å². The number of nitrogens with zero attached hydrogens (tertiary/aromatic N) is 2. The summed E-state index contributed by atoms with van der Waals surface area (Å²) in [5.41, 5.74) is 0.877. The highest BCUT2D eigenvalue weighted by atomic mass is 16.5. The first-order valence-corrected chi connectivity index (χ1v) is 7.19. The normalized spacial score (nSPS) is 21.4. The van der Waals surface area contributed by atoms with Gasteiger partial charge < -0.3 is 19.7 Å². The molecule has 2 atom stereocenters. The van der Waals surface area contributed by atoms with Crippen LogP contribution in [0.2, 0.25) is 0 Å². The average molecular weight is 293 g/mol. The van der Waals surface area contributed by atoms with E-state index in [-0.39, 0.29) is 17.9 Å². The Morgan fingerprint density at radius 3 is 3.05 bits per heavy atom. The number of carbonyl (C=O) groups excluding carboxylic acids is 1. The van der Waals surface area contributed by atoms with Gasteiger partial charge in [0.25, 0.3) is 0 Å². The van der Waals surface area contributed by atoms with Crippen molar-refractivity contribution in [2.24, 2.45) is 5.92 Å². The zero-order valence-corrected chi connectivity index (χ0v) is 12.6. The Morgan fingerprint density at radius 1 is 1.52 bits per heavy atom. The summed E-state index contributed by atoms with van der Waals surface area (Å²) in [6.07, 6.45) is 1.74. The van der Waals surface area contributed by atoms with Gasteiger partial charge in [0, 0.05) is 25.9 Å². The summed E-state index contributed by atoms with van der Waals surface area (Å²) < 4.78 is 10.5. The third kappa shape index (κ3) is 4.23. The molecular weight excluding hydrogens is 270 g/mol. The van der Waals surface area contributed by atoms with Crippen LogP contribution in [0.25, 0.3) is 0 Å². The number of pyridine rings is 1. The van der Waals surface area contributed by atoms with Crippen molar-refractivity contribution in [1.29, 1.82) is 0 Å². The van der Waals surface area contributed by atoms with Gasteiger partial charge in [-0.25, -0.2) is 0 Å². The van der Waals surface area contributed by atoms with E-state index in [0.29, 0.717) is 32.9 Å². The number of hydrogen-bond acceptors (Lipinski definition) is 5. The lowest BCUT2D eigenvalue weighted by Gasteiger charge is -2.27. The monoisotopic (exact) mass is 293 g/mol. The lowest BCUT2D eigenvalue weighted by Crippen LogP contribution is -2.45. The van der Waals surface area contributed by atoms with Gasteiger partial charge in [-0.3, -0.25) is 9.78 Å². The molecule has 1 N–H and O–H groups in total. The number of methoxy groups -OCH3 is 1. The van der Waals surface area contributed by atoms with E-state index < -0.39 is 0 Å². The van der Waals surface area contributed by atoms with Crippen LogP contribution in [0.5, 0.6) is 0 Å². The SMILES string of the molecule is CNC1COCC1C(=O)N(CCOC)Cc1ccccn1. The zero-order chi connectivity index (χ0) is 15.1. The van der Waals surface area contributed by atoms with Gasteiger partial charge in [0.05, 0.1) is 38.0 Å². The zero-order valence-electron chi connectivity index (χ0n) is 12.6. The predicted octanol–water partition coefficient (Wildman–Crippen LogP) is 0.291. The third-order valence-electron chi connectivity index (χ3n) is 3.72. The van der Waals surface area contributed by atoms with Crippen LogP contribution in [-0.2, 0) is 20.8 Å². The molecule has 0 bridgehead atoms. The molecule has 1 amide bonds. The molecule has 1 aliphatic rings. The molecule has 0 radical (unpaired) electrons. The second kappa shape index (κ2) is 8.07. The van der Waals surface area contributed by atoms with Crippen LogP contribution in [0.3, 0.4) is 0 Å². The van der Waals surface area contributed by atoms with E-state index in [1.807, 2.05) is 25.2 Å². The van der Waals surface area contributed by atoms with E-state index in [9.17, 15) is 4.79 Å². The molecule has 0 saturated carbocycles. The van der Waals surface area contributed by atoms with Crippen LogP contribution in [0, 0.1) is 5.92 Å². The number of nitrogens with one attached hydrogen (secondary N) is 1. The Hall–Kier alpha value is -1.50. The Balaban J connectivity index is 2.05. The number of amides is 1. The van der Waals surface area contributed by atoms with Gasteiger partial charge in [0.2, 0.25) is 5.91 Å². The van der Waals surface area contributed by atoms with Crippen LogP contribution in [0.4, 0.5) is 0 Å². The average Bonchev–Trinajstić information content (AvgIpc) is 3.00. The van der Waals surface area contributed by atoms with E-state index in [4.69, 9.17) is 9.47 Å². The molecular formula is C15H23N3O3. The van der Waals surface area contributed by atoms with Crippen molar-refractivity contribution in [3.8, 4) is 0 Å². The number of aromatic nitrogens is 1. The summed E-state index contributed by atoms with van der Waals surface area (Å²) in [5.74, 6) is -0.0508. The van der Waals surface area contributed by atoms with Gasteiger partial charge in [-0.2, -0.15) is 0 Å². The van der Waals surface area contributed by atoms with Gasteiger partial charge in [-0.15, -0.1) is 0 Å². The molecule has 116 valence electrons. The van der Waals surface area contributed by atoms with Crippen molar-refractivity contribution >= 4 is 5.91 Å². The quantitative estimate of drug-likeness (QED) is 0.783. The van der Waals surface area contributed by atoms with Crippen molar-refractivity contribution in [2.75, 3.05) is 40.5 Å². The molecule has 1 saturated heterocycles. The van der Waals surface area contributed by atoms with Crippen LogP contribution >= 0.6 is 0 Å². The molecule has 2 rings (SSSR count). The van der Waals surface area contributed by atoms with Crippen LogP contribution in [0.1, 0.15) is 5.69 Å². The maximum Gasteiger partial charge on any atom is 0.230 e. The molecule has 0 aliphatic carbocycles. The fourth-order valence-electron chi connectivity index (χ4n) is 2.47. The maximum absolute atomic E-state index is 12.7. The smallest absolute Gasteiger partial charge is 0.230 e. The molecule has 21 heavy (non-hydrogen) atoms. The summed E-state index contributed by atoms with van der Waals surface area (Å²) in [7, 11) is 3.50. The second-order valence-corrected chi connectivity index (χ2v) is 5.11. The van der Waals surface area contributed by atoms with Gasteiger partial charge in [-0.05, 0) is 19.2 Å². The standard InChI is InChI=1S/C15H23N3O3/c1-16-14-11-21-10-13(14)15(19)18(7-8-20-2)9-12-5-3-4-6-17-12/h3-6,13-14,16H,7-11H2,1-2H3. The predicted molar refractivity (Wildman–Crippen MR) is 78.7 cm³/mol. The van der Waals surface area contributed by atoms with E-state index in [2.05, 4.69) is 10.3 Å². The van der Waals surface area contributed by atoms with Crippen molar-refractivity contribution < 1.29 is 14.3 Å². The number of ether oxygens (including phenoxy) is 2. The summed E-state index contributed by atoms with van der Waals surface area (Å²) in [5, 5.41) is 3.15. The second-order valence-electron chi connectivity index (χ2n) is 5.11. The molecule has 0 spiro atoms. The molecule has 2 heterocycles. The maximum atomic E-state index is 12.7. The highest BCUT2D eigenvalue weighted by Gasteiger charge is 2.35. The fourth-order valence-corrected chi connectivity index (χ4v) is 2.47. The lowest BCUT2D eigenvalue weighted by atomic mass is 10.0. The highest BCUT2D eigenvalue weighted by molar-refractivity contribution is 5.80. The van der Waals surface area contributed by atoms with Crippen LogP contribution in [0.15, 0.2) is 24.4 Å². The minimum atomic E-state index is -0.143. The summed E-state index contributed by atoms with van der Waals surface area (Å²) in [4.78, 5) is 18.8. The van der Waals surface area contributed by atoms with E-state index in [1.54, 1.807) is 18.2 Å². The van der Waals surface area contributed by atoms with Crippen LogP contribution < -0.4 is 5.32 Å². The first-order chi connectivity index (χ1) is 10.3. The number of rotatable bonds is 7. The molecule has 1 aliphatic heterocycles. The van der Waals surface area contributed by atoms with E-state index in [0.717, 1.165) is 5.69 Å². The van der Waals surface area contributed by atoms with Gasteiger partial charge in [0.15, 0.2) is 0 Å². The fraction of sp³-hybridized carbons (Fsp3) is 0.600. The first kappa shape index (κ1) is 15.9. The van der Waals surface area contributed by atoms with Crippen molar-refractivity contribution in [1.82, 2.24) is 15.2 Å². The third-order valence-corrected chi connectivity index (χ3v) is 3.72. The Bertz CT molecular complexity index is 441. The molecule has 6 nitrogen and oxygen atoms in total. The summed E-state index contributed by atoms with van der Waals surface area (Å²) >= 11 is 0. The molecule has 0 aromatic carbocycles. The van der Waals surface area contributed by atoms with Gasteiger partial charge in [0.1, 0.15) is 0 Å². The number of likely N-dealkylation sites (N-methyl/N-ethyl adjacent to an activating group) is 1. The Labute approximate surface area is 125 Å². The van der Waals surface area contributed by atoms with Gasteiger partial charge in [-0.1, -0.05) is 6.07 Å². The van der Waals surface area contributed by atoms with Crippen molar-refractivity contribution in [2.45, 2.75) is 12.6 Å². The largest absolute Gasteiger partial charge is 0.383 e. The topological polar surface area (TPSA) is 63.7 Å². The van der Waals surface area contributed by atoms with Crippen molar-refractivity contribution in [3.05, 3.63) is 30.1 Å². The van der Waals surface area contributed by atoms with E-state index in [1.165, 1.54) is 0 Å². The molecule has 1 aromatic heterocycles. The number of hydrogen-bond donors (Lipinski definition) is 1. The minimum absolute atomic E-state index is 0.0753.